The Labute approximate surface area is 123 Å². The van der Waals surface area contributed by atoms with Crippen molar-refractivity contribution in [2.24, 2.45) is 0 Å². The third kappa shape index (κ3) is 3.32. The molecule has 0 spiro atoms. The van der Waals surface area contributed by atoms with Gasteiger partial charge in [0.05, 0.1) is 11.1 Å². The van der Waals surface area contributed by atoms with Crippen molar-refractivity contribution in [1.82, 2.24) is 0 Å². The van der Waals surface area contributed by atoms with Crippen molar-refractivity contribution in [3.8, 4) is 0 Å². The molecule has 0 aliphatic carbocycles. The molecule has 0 amide bonds. The van der Waals surface area contributed by atoms with Gasteiger partial charge in [-0.1, -0.05) is 45.7 Å². The first-order valence-electron chi connectivity index (χ1n) is 5.55. The lowest BCUT2D eigenvalue weighted by atomic mass is 10.0. The predicted molar refractivity (Wildman–Crippen MR) is 74.2 cm³/mol. The summed E-state index contributed by atoms with van der Waals surface area (Å²) in [5, 5.41) is 9.91. The number of aliphatic hydroxyl groups is 1. The summed E-state index contributed by atoms with van der Waals surface area (Å²) in [6.45, 7) is 0. The highest BCUT2D eigenvalue weighted by Crippen LogP contribution is 2.28. The summed E-state index contributed by atoms with van der Waals surface area (Å²) < 4.78 is 27.6. The smallest absolute Gasteiger partial charge is 0.142 e. The minimum atomic E-state index is -1.06. The average Bonchev–Trinajstić information content (AvgIpc) is 2.36. The van der Waals surface area contributed by atoms with Crippen LogP contribution in [0, 0.1) is 11.6 Å². The second-order valence-corrected chi connectivity index (χ2v) is 5.39. The number of aliphatic hydroxyl groups excluding tert-OH is 1. The van der Waals surface area contributed by atoms with E-state index in [1.165, 1.54) is 24.3 Å². The summed E-state index contributed by atoms with van der Waals surface area (Å²) in [5.41, 5.74) is 0.597. The van der Waals surface area contributed by atoms with Crippen molar-refractivity contribution in [3.05, 3.63) is 68.7 Å². The Morgan fingerprint density at radius 1 is 1.16 bits per heavy atom. The van der Waals surface area contributed by atoms with E-state index in [1.54, 1.807) is 12.1 Å². The zero-order valence-electron chi connectivity index (χ0n) is 9.71. The molecule has 1 unspecified atom stereocenters. The fourth-order valence-electron chi connectivity index (χ4n) is 1.78. The van der Waals surface area contributed by atoms with Crippen molar-refractivity contribution < 1.29 is 13.9 Å². The Hall–Kier alpha value is -0.970. The molecular formula is C14H10BrClF2O. The van der Waals surface area contributed by atoms with Crippen LogP contribution in [0.15, 0.2) is 40.9 Å². The van der Waals surface area contributed by atoms with Gasteiger partial charge in [-0.05, 0) is 23.8 Å². The Bertz CT molecular complexity index is 604. The third-order valence-corrected chi connectivity index (χ3v) is 3.66. The predicted octanol–water partition coefficient (Wildman–Crippen LogP) is 4.66. The normalized spacial score (nSPS) is 12.5. The van der Waals surface area contributed by atoms with Crippen LogP contribution in [0.4, 0.5) is 8.78 Å². The number of rotatable bonds is 3. The molecule has 0 fully saturated rings. The van der Waals surface area contributed by atoms with E-state index in [-0.39, 0.29) is 17.0 Å². The highest BCUT2D eigenvalue weighted by Gasteiger charge is 2.16. The second kappa shape index (κ2) is 5.99. The van der Waals surface area contributed by atoms with Gasteiger partial charge in [0.1, 0.15) is 11.6 Å². The molecule has 0 saturated carbocycles. The Morgan fingerprint density at radius 3 is 2.58 bits per heavy atom. The van der Waals surface area contributed by atoms with Gasteiger partial charge < -0.3 is 5.11 Å². The van der Waals surface area contributed by atoms with E-state index in [9.17, 15) is 13.9 Å². The third-order valence-electron chi connectivity index (χ3n) is 2.77. The Balaban J connectivity index is 2.25. The van der Waals surface area contributed by atoms with Gasteiger partial charge in [-0.3, -0.25) is 0 Å². The van der Waals surface area contributed by atoms with Gasteiger partial charge in [0.2, 0.25) is 0 Å². The van der Waals surface area contributed by atoms with Gasteiger partial charge >= 0.3 is 0 Å². The van der Waals surface area contributed by atoms with Crippen molar-refractivity contribution in [2.75, 3.05) is 0 Å². The van der Waals surface area contributed by atoms with E-state index >= 15 is 0 Å². The Morgan fingerprint density at radius 2 is 1.89 bits per heavy atom. The van der Waals surface area contributed by atoms with Crippen LogP contribution >= 0.6 is 27.5 Å². The first-order chi connectivity index (χ1) is 8.99. The molecule has 19 heavy (non-hydrogen) atoms. The van der Waals surface area contributed by atoms with E-state index in [0.717, 1.165) is 0 Å². The molecule has 0 radical (unpaired) electrons. The van der Waals surface area contributed by atoms with Crippen molar-refractivity contribution in [1.29, 1.82) is 0 Å². The minimum absolute atomic E-state index is 0.0300. The number of hydrogen-bond acceptors (Lipinski definition) is 1. The summed E-state index contributed by atoms with van der Waals surface area (Å²) in [7, 11) is 0. The first-order valence-corrected chi connectivity index (χ1v) is 6.72. The quantitative estimate of drug-likeness (QED) is 0.856. The SMILES string of the molecule is OC(Cc1ccc(Br)cc1F)c1cccc(F)c1Cl. The topological polar surface area (TPSA) is 20.2 Å². The first kappa shape index (κ1) is 14.4. The van der Waals surface area contributed by atoms with Gasteiger partial charge in [-0.15, -0.1) is 0 Å². The molecule has 1 nitrogen and oxygen atoms in total. The monoisotopic (exact) mass is 346 g/mol. The van der Waals surface area contributed by atoms with Crippen LogP contribution in [-0.2, 0) is 6.42 Å². The largest absolute Gasteiger partial charge is 0.388 e. The van der Waals surface area contributed by atoms with Crippen molar-refractivity contribution in [3.63, 3.8) is 0 Å². The van der Waals surface area contributed by atoms with Crippen LogP contribution in [0.5, 0.6) is 0 Å². The molecule has 5 heteroatoms. The Kier molecular flexibility index (Phi) is 4.55. The molecule has 0 saturated heterocycles. The van der Waals surface area contributed by atoms with Gasteiger partial charge in [0.25, 0.3) is 0 Å². The summed E-state index contributed by atoms with van der Waals surface area (Å²) in [5.74, 6) is -1.03. The van der Waals surface area contributed by atoms with Crippen LogP contribution in [-0.4, -0.2) is 5.11 Å². The molecular weight excluding hydrogens is 338 g/mol. The lowest BCUT2D eigenvalue weighted by Crippen LogP contribution is -2.05. The summed E-state index contributed by atoms with van der Waals surface area (Å²) >= 11 is 8.94. The molecule has 1 atom stereocenters. The number of benzene rings is 2. The lowest BCUT2D eigenvalue weighted by Gasteiger charge is -2.13. The van der Waals surface area contributed by atoms with Crippen molar-refractivity contribution in [2.45, 2.75) is 12.5 Å². The molecule has 100 valence electrons. The molecule has 0 aliphatic heterocycles. The fraction of sp³-hybridized carbons (Fsp3) is 0.143. The molecule has 0 bridgehead atoms. The van der Waals surface area contributed by atoms with Crippen LogP contribution < -0.4 is 0 Å². The summed E-state index contributed by atoms with van der Waals surface area (Å²) in [4.78, 5) is 0. The van der Waals surface area contributed by atoms with Gasteiger partial charge in [-0.2, -0.15) is 0 Å². The van der Waals surface area contributed by atoms with E-state index in [2.05, 4.69) is 15.9 Å². The highest BCUT2D eigenvalue weighted by molar-refractivity contribution is 9.10. The highest BCUT2D eigenvalue weighted by atomic mass is 79.9. The zero-order valence-corrected chi connectivity index (χ0v) is 12.0. The van der Waals surface area contributed by atoms with Crippen LogP contribution in [0.3, 0.4) is 0 Å². The molecule has 2 aromatic rings. The molecule has 0 aromatic heterocycles. The van der Waals surface area contributed by atoms with E-state index in [4.69, 9.17) is 11.6 Å². The van der Waals surface area contributed by atoms with E-state index < -0.39 is 17.7 Å². The maximum Gasteiger partial charge on any atom is 0.142 e. The van der Waals surface area contributed by atoms with Gasteiger partial charge in [0, 0.05) is 16.5 Å². The second-order valence-electron chi connectivity index (χ2n) is 4.10. The van der Waals surface area contributed by atoms with Crippen LogP contribution in [0.1, 0.15) is 17.2 Å². The van der Waals surface area contributed by atoms with E-state index in [1.807, 2.05) is 0 Å². The molecule has 0 heterocycles. The number of hydrogen-bond donors (Lipinski definition) is 1. The van der Waals surface area contributed by atoms with E-state index in [0.29, 0.717) is 10.0 Å². The standard InChI is InChI=1S/C14H10BrClF2O/c15-9-5-4-8(12(18)7-9)6-13(19)10-2-1-3-11(17)14(10)16/h1-5,7,13,19H,6H2. The molecule has 2 aromatic carbocycles. The average molecular weight is 348 g/mol. The maximum atomic E-state index is 13.7. The maximum absolute atomic E-state index is 13.7. The minimum Gasteiger partial charge on any atom is -0.388 e. The number of halogens is 4. The van der Waals surface area contributed by atoms with Gasteiger partial charge in [0.15, 0.2) is 0 Å². The van der Waals surface area contributed by atoms with Crippen molar-refractivity contribution >= 4 is 27.5 Å². The molecule has 2 rings (SSSR count). The fourth-order valence-corrected chi connectivity index (χ4v) is 2.37. The zero-order chi connectivity index (χ0) is 14.0. The van der Waals surface area contributed by atoms with Crippen LogP contribution in [0.25, 0.3) is 0 Å². The molecule has 1 N–H and O–H groups in total. The summed E-state index contributed by atoms with van der Waals surface area (Å²) in [6, 6.07) is 8.74. The van der Waals surface area contributed by atoms with Gasteiger partial charge in [-0.25, -0.2) is 8.78 Å². The lowest BCUT2D eigenvalue weighted by molar-refractivity contribution is 0.177. The molecule has 0 aliphatic rings. The van der Waals surface area contributed by atoms with Crippen LogP contribution in [0.2, 0.25) is 5.02 Å². The summed E-state index contributed by atoms with van der Waals surface area (Å²) in [6.07, 6.45) is -1.03.